The van der Waals surface area contributed by atoms with Crippen LogP contribution in [0.4, 0.5) is 0 Å². The smallest absolute Gasteiger partial charge is 0.258 e. The Hall–Kier alpha value is -2.36. The molecule has 2 aliphatic heterocycles. The second kappa shape index (κ2) is 6.60. The molecule has 0 fully saturated rings. The zero-order chi connectivity index (χ0) is 15.4. The summed E-state index contributed by atoms with van der Waals surface area (Å²) in [6, 6.07) is 7.10. The number of amides is 2. The van der Waals surface area contributed by atoms with Gasteiger partial charge in [0, 0.05) is 25.5 Å². The highest BCUT2D eigenvalue weighted by Crippen LogP contribution is 2.18. The maximum Gasteiger partial charge on any atom is 0.258 e. The first-order valence-corrected chi connectivity index (χ1v) is 7.81. The highest BCUT2D eigenvalue weighted by Gasteiger charge is 2.24. The fraction of sp³-hybridized carbons (Fsp3) is 0.333. The number of nitrogens with zero attached hydrogens (tertiary/aromatic N) is 2. The molecule has 0 aromatic heterocycles. The van der Waals surface area contributed by atoms with E-state index in [1.165, 1.54) is 0 Å². The Labute approximate surface area is 130 Å². The number of carbonyl (C=O) groups excluding carboxylic acids is 2. The van der Waals surface area contributed by atoms with E-state index in [-0.39, 0.29) is 11.8 Å². The molecule has 114 valence electrons. The van der Waals surface area contributed by atoms with Crippen LogP contribution in [0.5, 0.6) is 0 Å². The molecule has 0 saturated carbocycles. The van der Waals surface area contributed by atoms with E-state index in [1.807, 2.05) is 36.7 Å². The molecule has 4 nitrogen and oxygen atoms in total. The monoisotopic (exact) mass is 296 g/mol. The number of carbonyl (C=O) groups is 2. The van der Waals surface area contributed by atoms with Gasteiger partial charge in [0.05, 0.1) is 11.1 Å². The second-order valence-electron chi connectivity index (χ2n) is 5.60. The minimum atomic E-state index is -0.0964. The first-order chi connectivity index (χ1) is 10.8. The van der Waals surface area contributed by atoms with Crippen molar-refractivity contribution >= 4 is 11.8 Å². The van der Waals surface area contributed by atoms with Gasteiger partial charge in [-0.25, -0.2) is 0 Å². The Kier molecular flexibility index (Phi) is 4.37. The Bertz CT molecular complexity index is 579. The molecule has 0 bridgehead atoms. The van der Waals surface area contributed by atoms with Gasteiger partial charge in [-0.2, -0.15) is 0 Å². The molecule has 1 aromatic carbocycles. The van der Waals surface area contributed by atoms with E-state index in [1.54, 1.807) is 21.9 Å². The van der Waals surface area contributed by atoms with Gasteiger partial charge in [-0.05, 0) is 37.8 Å². The predicted molar refractivity (Wildman–Crippen MR) is 85.3 cm³/mol. The highest BCUT2D eigenvalue weighted by molar-refractivity contribution is 6.07. The van der Waals surface area contributed by atoms with Crippen LogP contribution < -0.4 is 0 Å². The molecule has 2 amide bonds. The maximum atomic E-state index is 12.7. The van der Waals surface area contributed by atoms with Gasteiger partial charge < -0.3 is 9.80 Å². The van der Waals surface area contributed by atoms with Crippen molar-refractivity contribution in [2.24, 2.45) is 0 Å². The van der Waals surface area contributed by atoms with Gasteiger partial charge in [0.2, 0.25) is 0 Å². The fourth-order valence-corrected chi connectivity index (χ4v) is 2.82. The van der Waals surface area contributed by atoms with Gasteiger partial charge in [-0.15, -0.1) is 0 Å². The number of hydrogen-bond acceptors (Lipinski definition) is 2. The van der Waals surface area contributed by atoms with Crippen LogP contribution in [-0.2, 0) is 0 Å². The normalized spacial score (nSPS) is 17.6. The summed E-state index contributed by atoms with van der Waals surface area (Å²) in [5.74, 6) is -0.193. The first-order valence-electron chi connectivity index (χ1n) is 7.81. The molecule has 0 N–H and O–H groups in total. The summed E-state index contributed by atoms with van der Waals surface area (Å²) in [5.41, 5.74) is 0.969. The van der Waals surface area contributed by atoms with E-state index in [9.17, 15) is 9.59 Å². The largest absolute Gasteiger partial charge is 0.315 e. The third-order valence-electron chi connectivity index (χ3n) is 4.02. The number of rotatable bonds is 2. The SMILES string of the molecule is O=C(c1ccccc1C(=O)N1C=CCCC1)N1C=CCCC1. The van der Waals surface area contributed by atoms with Gasteiger partial charge >= 0.3 is 0 Å². The lowest BCUT2D eigenvalue weighted by atomic mass is 10.0. The average Bonchev–Trinajstić information content (AvgIpc) is 2.62. The van der Waals surface area contributed by atoms with Crippen molar-refractivity contribution in [3.05, 3.63) is 59.9 Å². The molecule has 2 aliphatic rings. The average molecular weight is 296 g/mol. The second-order valence-corrected chi connectivity index (χ2v) is 5.60. The van der Waals surface area contributed by atoms with E-state index < -0.39 is 0 Å². The highest BCUT2D eigenvalue weighted by atomic mass is 16.2. The van der Waals surface area contributed by atoms with Crippen molar-refractivity contribution in [1.29, 1.82) is 0 Å². The summed E-state index contributed by atoms with van der Waals surface area (Å²) in [7, 11) is 0. The van der Waals surface area contributed by atoms with Crippen LogP contribution >= 0.6 is 0 Å². The predicted octanol–water partition coefficient (Wildman–Crippen LogP) is 3.19. The van der Waals surface area contributed by atoms with Gasteiger partial charge in [0.25, 0.3) is 11.8 Å². The summed E-state index contributed by atoms with van der Waals surface area (Å²) in [6.45, 7) is 1.42. The topological polar surface area (TPSA) is 40.6 Å². The standard InChI is InChI=1S/C18H20N2O2/c21-17(19-11-5-1-6-12-19)15-9-3-4-10-16(15)18(22)20-13-7-2-8-14-20/h3-5,7,9-11,13H,1-2,6,8,12,14H2. The maximum absolute atomic E-state index is 12.7. The van der Waals surface area contributed by atoms with Crippen molar-refractivity contribution in [1.82, 2.24) is 9.80 Å². The van der Waals surface area contributed by atoms with E-state index in [0.29, 0.717) is 24.2 Å². The third-order valence-corrected chi connectivity index (χ3v) is 4.02. The van der Waals surface area contributed by atoms with Crippen LogP contribution in [0, 0.1) is 0 Å². The molecule has 22 heavy (non-hydrogen) atoms. The summed E-state index contributed by atoms with van der Waals surface area (Å²) < 4.78 is 0. The number of allylic oxidation sites excluding steroid dienone is 2. The van der Waals surface area contributed by atoms with Gasteiger partial charge in [-0.1, -0.05) is 24.3 Å². The summed E-state index contributed by atoms with van der Waals surface area (Å²) in [4.78, 5) is 28.8. The minimum absolute atomic E-state index is 0.0964. The van der Waals surface area contributed by atoms with Crippen molar-refractivity contribution in [3.8, 4) is 0 Å². The van der Waals surface area contributed by atoms with Crippen LogP contribution in [0.2, 0.25) is 0 Å². The molecular weight excluding hydrogens is 276 g/mol. The van der Waals surface area contributed by atoms with Crippen LogP contribution in [0.3, 0.4) is 0 Å². The molecule has 3 rings (SSSR count). The molecule has 0 aliphatic carbocycles. The lowest BCUT2D eigenvalue weighted by Crippen LogP contribution is -2.33. The zero-order valence-electron chi connectivity index (χ0n) is 12.6. The number of benzene rings is 1. The van der Waals surface area contributed by atoms with E-state index >= 15 is 0 Å². The van der Waals surface area contributed by atoms with Crippen molar-refractivity contribution in [2.45, 2.75) is 25.7 Å². The molecule has 0 spiro atoms. The van der Waals surface area contributed by atoms with Gasteiger partial charge in [0.1, 0.15) is 0 Å². The molecular formula is C18H20N2O2. The molecule has 1 aromatic rings. The lowest BCUT2D eigenvalue weighted by molar-refractivity contribution is 0.0777. The molecule has 0 saturated heterocycles. The van der Waals surface area contributed by atoms with Gasteiger partial charge in [0.15, 0.2) is 0 Å². The molecule has 2 heterocycles. The molecule has 4 heteroatoms. The Morgan fingerprint density at radius 1 is 0.773 bits per heavy atom. The first kappa shape index (κ1) is 14.6. The van der Waals surface area contributed by atoms with Crippen molar-refractivity contribution in [2.75, 3.05) is 13.1 Å². The van der Waals surface area contributed by atoms with E-state index in [4.69, 9.17) is 0 Å². The number of hydrogen-bond donors (Lipinski definition) is 0. The summed E-state index contributed by atoms with van der Waals surface area (Å²) >= 11 is 0. The summed E-state index contributed by atoms with van der Waals surface area (Å²) in [5, 5.41) is 0. The lowest BCUT2D eigenvalue weighted by Gasteiger charge is -2.25. The van der Waals surface area contributed by atoms with Crippen LogP contribution in [0.25, 0.3) is 0 Å². The van der Waals surface area contributed by atoms with Crippen LogP contribution in [0.15, 0.2) is 48.8 Å². The van der Waals surface area contributed by atoms with Crippen LogP contribution in [-0.4, -0.2) is 34.7 Å². The minimum Gasteiger partial charge on any atom is -0.315 e. The Morgan fingerprint density at radius 2 is 1.23 bits per heavy atom. The van der Waals surface area contributed by atoms with Crippen molar-refractivity contribution < 1.29 is 9.59 Å². The van der Waals surface area contributed by atoms with E-state index in [0.717, 1.165) is 25.7 Å². The molecule has 0 unspecified atom stereocenters. The Morgan fingerprint density at radius 3 is 1.59 bits per heavy atom. The molecule has 0 atom stereocenters. The summed E-state index contributed by atoms with van der Waals surface area (Å²) in [6.07, 6.45) is 11.6. The zero-order valence-corrected chi connectivity index (χ0v) is 12.6. The molecule has 0 radical (unpaired) electrons. The van der Waals surface area contributed by atoms with Crippen molar-refractivity contribution in [3.63, 3.8) is 0 Å². The third kappa shape index (κ3) is 2.96. The Balaban J connectivity index is 1.89. The quantitative estimate of drug-likeness (QED) is 0.841. The van der Waals surface area contributed by atoms with Gasteiger partial charge in [-0.3, -0.25) is 9.59 Å². The van der Waals surface area contributed by atoms with E-state index in [2.05, 4.69) is 0 Å². The van der Waals surface area contributed by atoms with Crippen LogP contribution in [0.1, 0.15) is 46.4 Å². The fourth-order valence-electron chi connectivity index (χ4n) is 2.82.